The van der Waals surface area contributed by atoms with Crippen molar-refractivity contribution in [2.24, 2.45) is 5.92 Å². The highest BCUT2D eigenvalue weighted by Gasteiger charge is 2.06. The molecule has 0 heterocycles. The second-order valence-electron chi connectivity index (χ2n) is 4.77. The molecule has 0 aliphatic heterocycles. The Bertz CT molecular complexity index is 407. The second kappa shape index (κ2) is 7.70. The van der Waals surface area contributed by atoms with Crippen LogP contribution in [0.4, 0.5) is 5.69 Å². The molecule has 0 radical (unpaired) electrons. The van der Waals surface area contributed by atoms with Crippen molar-refractivity contribution in [1.29, 1.82) is 0 Å². The summed E-state index contributed by atoms with van der Waals surface area (Å²) in [6.07, 6.45) is 1.14. The lowest BCUT2D eigenvalue weighted by atomic mass is 10.2. The van der Waals surface area contributed by atoms with Crippen molar-refractivity contribution in [1.82, 2.24) is 0 Å². The Balaban J connectivity index is 2.35. The number of halogens is 1. The molecular weight excluding hydrogens is 266 g/mol. The van der Waals surface area contributed by atoms with Gasteiger partial charge in [-0.25, -0.2) is 0 Å². The van der Waals surface area contributed by atoms with E-state index in [1.807, 2.05) is 25.1 Å². The molecule has 0 atom stereocenters. The zero-order chi connectivity index (χ0) is 13.5. The summed E-state index contributed by atoms with van der Waals surface area (Å²) in [5.41, 5.74) is 1.78. The SMILES string of the molecule is Cc1ccc(NC(=O)CSCCC(C)C)c(Cl)c1. The Morgan fingerprint density at radius 3 is 2.78 bits per heavy atom. The Kier molecular flexibility index (Phi) is 6.58. The number of nitrogens with one attached hydrogen (secondary N) is 1. The molecule has 1 amide bonds. The number of carbonyl (C=O) groups excluding carboxylic acids is 1. The minimum absolute atomic E-state index is 0.00880. The van der Waals surface area contributed by atoms with Crippen molar-refractivity contribution in [3.8, 4) is 0 Å². The summed E-state index contributed by atoms with van der Waals surface area (Å²) >= 11 is 7.72. The average molecular weight is 286 g/mol. The number of carbonyl (C=O) groups is 1. The maximum absolute atomic E-state index is 11.7. The molecule has 0 fully saturated rings. The largest absolute Gasteiger partial charge is 0.324 e. The zero-order valence-corrected chi connectivity index (χ0v) is 12.7. The van der Waals surface area contributed by atoms with E-state index < -0.39 is 0 Å². The van der Waals surface area contributed by atoms with Crippen LogP contribution in [-0.2, 0) is 4.79 Å². The van der Waals surface area contributed by atoms with Crippen LogP contribution in [0.3, 0.4) is 0 Å². The molecule has 0 aromatic heterocycles. The summed E-state index contributed by atoms with van der Waals surface area (Å²) in [6, 6.07) is 5.63. The lowest BCUT2D eigenvalue weighted by Gasteiger charge is -2.08. The monoisotopic (exact) mass is 285 g/mol. The van der Waals surface area contributed by atoms with Gasteiger partial charge in [0.05, 0.1) is 16.5 Å². The fraction of sp³-hybridized carbons (Fsp3) is 0.500. The quantitative estimate of drug-likeness (QED) is 0.787. The third kappa shape index (κ3) is 5.78. The standard InChI is InChI=1S/C14H20ClNOS/c1-10(2)6-7-18-9-14(17)16-13-5-4-11(3)8-12(13)15/h4-5,8,10H,6-7,9H2,1-3H3,(H,16,17). The predicted molar refractivity (Wildman–Crippen MR) is 81.6 cm³/mol. The van der Waals surface area contributed by atoms with Crippen LogP contribution in [0.15, 0.2) is 18.2 Å². The molecule has 0 saturated carbocycles. The summed E-state index contributed by atoms with van der Waals surface area (Å²) in [5, 5.41) is 3.43. The predicted octanol–water partition coefficient (Wildman–Crippen LogP) is 4.37. The molecule has 0 bridgehead atoms. The lowest BCUT2D eigenvalue weighted by molar-refractivity contribution is -0.113. The topological polar surface area (TPSA) is 29.1 Å². The van der Waals surface area contributed by atoms with E-state index in [1.165, 1.54) is 0 Å². The first-order valence-corrected chi connectivity index (χ1v) is 7.66. The van der Waals surface area contributed by atoms with Gasteiger partial charge in [0.1, 0.15) is 0 Å². The van der Waals surface area contributed by atoms with Gasteiger partial charge in [-0.2, -0.15) is 11.8 Å². The highest BCUT2D eigenvalue weighted by molar-refractivity contribution is 7.99. The molecule has 18 heavy (non-hydrogen) atoms. The molecule has 0 saturated heterocycles. The Morgan fingerprint density at radius 2 is 2.17 bits per heavy atom. The molecule has 2 nitrogen and oxygen atoms in total. The van der Waals surface area contributed by atoms with Crippen molar-refractivity contribution in [2.75, 3.05) is 16.8 Å². The van der Waals surface area contributed by atoms with Gasteiger partial charge in [-0.3, -0.25) is 4.79 Å². The molecule has 0 unspecified atom stereocenters. The molecule has 100 valence electrons. The number of benzene rings is 1. The van der Waals surface area contributed by atoms with E-state index in [4.69, 9.17) is 11.6 Å². The Morgan fingerprint density at radius 1 is 1.44 bits per heavy atom. The first-order chi connectivity index (χ1) is 8.49. The van der Waals surface area contributed by atoms with E-state index >= 15 is 0 Å². The molecule has 0 aliphatic rings. The van der Waals surface area contributed by atoms with Crippen LogP contribution in [0.1, 0.15) is 25.8 Å². The van der Waals surface area contributed by atoms with E-state index in [1.54, 1.807) is 11.8 Å². The van der Waals surface area contributed by atoms with E-state index in [9.17, 15) is 4.79 Å². The van der Waals surface area contributed by atoms with Gasteiger partial charge in [-0.05, 0) is 42.7 Å². The number of aryl methyl sites for hydroxylation is 1. The number of hydrogen-bond donors (Lipinski definition) is 1. The molecule has 0 spiro atoms. The molecule has 4 heteroatoms. The minimum Gasteiger partial charge on any atom is -0.324 e. The van der Waals surface area contributed by atoms with Crippen LogP contribution in [0.5, 0.6) is 0 Å². The molecule has 0 aliphatic carbocycles. The molecular formula is C14H20ClNOS. The van der Waals surface area contributed by atoms with Gasteiger partial charge in [-0.15, -0.1) is 0 Å². The van der Waals surface area contributed by atoms with E-state index in [0.29, 0.717) is 22.4 Å². The van der Waals surface area contributed by atoms with Crippen molar-refractivity contribution in [2.45, 2.75) is 27.2 Å². The van der Waals surface area contributed by atoms with E-state index in [-0.39, 0.29) is 5.91 Å². The van der Waals surface area contributed by atoms with Crippen molar-refractivity contribution in [3.05, 3.63) is 28.8 Å². The van der Waals surface area contributed by atoms with Gasteiger partial charge in [0, 0.05) is 0 Å². The first-order valence-electron chi connectivity index (χ1n) is 6.12. The number of thioether (sulfide) groups is 1. The zero-order valence-electron chi connectivity index (χ0n) is 11.1. The number of anilines is 1. The Hall–Kier alpha value is -0.670. The van der Waals surface area contributed by atoms with Gasteiger partial charge >= 0.3 is 0 Å². The van der Waals surface area contributed by atoms with Gasteiger partial charge in [0.15, 0.2) is 0 Å². The molecule has 1 aromatic rings. The van der Waals surface area contributed by atoms with Crippen molar-refractivity contribution >= 4 is 35.0 Å². The van der Waals surface area contributed by atoms with Gasteiger partial charge in [0.2, 0.25) is 5.91 Å². The third-order valence-corrected chi connectivity index (χ3v) is 3.77. The third-order valence-electron chi connectivity index (χ3n) is 2.47. The van der Waals surface area contributed by atoms with Gasteiger partial charge in [-0.1, -0.05) is 31.5 Å². The maximum atomic E-state index is 11.7. The molecule has 1 rings (SSSR count). The fourth-order valence-corrected chi connectivity index (χ4v) is 2.71. The van der Waals surface area contributed by atoms with Crippen LogP contribution in [0, 0.1) is 12.8 Å². The minimum atomic E-state index is 0.00880. The summed E-state index contributed by atoms with van der Waals surface area (Å²) in [7, 11) is 0. The number of hydrogen-bond acceptors (Lipinski definition) is 2. The van der Waals surface area contributed by atoms with E-state index in [2.05, 4.69) is 19.2 Å². The van der Waals surface area contributed by atoms with Crippen LogP contribution in [0.2, 0.25) is 5.02 Å². The lowest BCUT2D eigenvalue weighted by Crippen LogP contribution is -2.14. The summed E-state index contributed by atoms with van der Waals surface area (Å²) < 4.78 is 0. The maximum Gasteiger partial charge on any atom is 0.234 e. The fourth-order valence-electron chi connectivity index (χ4n) is 1.39. The second-order valence-corrected chi connectivity index (χ2v) is 6.28. The Labute approximate surface area is 118 Å². The average Bonchev–Trinajstić information content (AvgIpc) is 2.28. The normalized spacial score (nSPS) is 10.7. The first kappa shape index (κ1) is 15.4. The summed E-state index contributed by atoms with van der Waals surface area (Å²) in [4.78, 5) is 11.7. The molecule has 1 N–H and O–H groups in total. The van der Waals surface area contributed by atoms with Gasteiger partial charge < -0.3 is 5.32 Å². The number of amides is 1. The molecule has 1 aromatic carbocycles. The summed E-state index contributed by atoms with van der Waals surface area (Å²) in [6.45, 7) is 6.35. The number of rotatable bonds is 6. The van der Waals surface area contributed by atoms with E-state index in [0.717, 1.165) is 17.7 Å². The highest BCUT2D eigenvalue weighted by Crippen LogP contribution is 2.22. The van der Waals surface area contributed by atoms with Crippen LogP contribution >= 0.6 is 23.4 Å². The van der Waals surface area contributed by atoms with Gasteiger partial charge in [0.25, 0.3) is 0 Å². The van der Waals surface area contributed by atoms with Crippen molar-refractivity contribution in [3.63, 3.8) is 0 Å². The smallest absolute Gasteiger partial charge is 0.234 e. The van der Waals surface area contributed by atoms with Crippen molar-refractivity contribution < 1.29 is 4.79 Å². The van der Waals surface area contributed by atoms with Crippen LogP contribution in [0.25, 0.3) is 0 Å². The highest BCUT2D eigenvalue weighted by atomic mass is 35.5. The summed E-state index contributed by atoms with van der Waals surface area (Å²) in [5.74, 6) is 2.20. The van der Waals surface area contributed by atoms with Crippen LogP contribution in [-0.4, -0.2) is 17.4 Å². The van der Waals surface area contributed by atoms with Crippen LogP contribution < -0.4 is 5.32 Å².